The molecule has 0 saturated heterocycles. The molecule has 2 aliphatic carbocycles. The molecule has 1 saturated carbocycles. The van der Waals surface area contributed by atoms with E-state index in [1.54, 1.807) is 0 Å². The lowest BCUT2D eigenvalue weighted by molar-refractivity contribution is 0.231. The standard InChI is InChI=1S/C16H18F2N2O2/c17-12-2-1-3-13(18)15(12)11-7-14(11)20-16(22)19-10-5-4-9(6-10)8-21/h1-5,9-11,14,21H,6-8H2,(H2,19,20,22)/t9-,10+,11?,14?/m0/s1. The number of nitrogens with one attached hydrogen (secondary N) is 2. The molecule has 4 atom stereocenters. The third kappa shape index (κ3) is 3.11. The van der Waals surface area contributed by atoms with Crippen molar-refractivity contribution in [1.82, 2.24) is 10.6 Å². The fraction of sp³-hybridized carbons (Fsp3) is 0.438. The molecule has 1 aromatic rings. The summed E-state index contributed by atoms with van der Waals surface area (Å²) in [6.07, 6.45) is 4.92. The molecule has 0 aromatic heterocycles. The van der Waals surface area contributed by atoms with Gasteiger partial charge in [-0.25, -0.2) is 13.6 Å². The molecule has 3 N–H and O–H groups in total. The molecule has 0 bridgehead atoms. The van der Waals surface area contributed by atoms with Gasteiger partial charge in [0.2, 0.25) is 0 Å². The summed E-state index contributed by atoms with van der Waals surface area (Å²) in [7, 11) is 0. The van der Waals surface area contributed by atoms with Crippen LogP contribution in [0.15, 0.2) is 30.4 Å². The van der Waals surface area contributed by atoms with Gasteiger partial charge in [-0.15, -0.1) is 0 Å². The molecule has 3 rings (SSSR count). The van der Waals surface area contributed by atoms with E-state index in [-0.39, 0.29) is 42.1 Å². The zero-order valence-corrected chi connectivity index (χ0v) is 11.9. The molecule has 2 unspecified atom stereocenters. The van der Waals surface area contributed by atoms with Crippen LogP contribution < -0.4 is 10.6 Å². The molecule has 2 amide bonds. The second-order valence-electron chi connectivity index (χ2n) is 5.87. The Morgan fingerprint density at radius 1 is 1.18 bits per heavy atom. The number of aliphatic hydroxyl groups is 1. The van der Waals surface area contributed by atoms with Gasteiger partial charge in [0, 0.05) is 36.1 Å². The largest absolute Gasteiger partial charge is 0.396 e. The number of carbonyl (C=O) groups is 1. The molecule has 1 aromatic carbocycles. The number of halogens is 2. The van der Waals surface area contributed by atoms with Crippen LogP contribution in [0.1, 0.15) is 24.3 Å². The molecule has 0 heterocycles. The molecule has 0 radical (unpaired) electrons. The van der Waals surface area contributed by atoms with Crippen LogP contribution in [0.2, 0.25) is 0 Å². The Labute approximate surface area is 127 Å². The van der Waals surface area contributed by atoms with Crippen LogP contribution in [-0.2, 0) is 0 Å². The van der Waals surface area contributed by atoms with Gasteiger partial charge in [0.05, 0.1) is 0 Å². The van der Waals surface area contributed by atoms with E-state index in [0.717, 1.165) is 0 Å². The highest BCUT2D eigenvalue weighted by molar-refractivity contribution is 5.75. The maximum absolute atomic E-state index is 13.7. The number of rotatable bonds is 4. The van der Waals surface area contributed by atoms with E-state index < -0.39 is 11.6 Å². The first-order chi connectivity index (χ1) is 10.6. The van der Waals surface area contributed by atoms with Gasteiger partial charge in [-0.1, -0.05) is 18.2 Å². The van der Waals surface area contributed by atoms with Crippen molar-refractivity contribution in [2.45, 2.75) is 30.8 Å². The first kappa shape index (κ1) is 15.0. The van der Waals surface area contributed by atoms with Gasteiger partial charge in [0.15, 0.2) is 0 Å². The van der Waals surface area contributed by atoms with E-state index in [4.69, 9.17) is 5.11 Å². The number of urea groups is 1. The summed E-state index contributed by atoms with van der Waals surface area (Å²) >= 11 is 0. The highest BCUT2D eigenvalue weighted by Crippen LogP contribution is 2.43. The maximum atomic E-state index is 13.7. The molecular formula is C16H18F2N2O2. The molecule has 0 spiro atoms. The molecule has 1 fully saturated rings. The van der Waals surface area contributed by atoms with Crippen molar-refractivity contribution in [2.75, 3.05) is 6.61 Å². The van der Waals surface area contributed by atoms with Gasteiger partial charge in [-0.05, 0) is 25.0 Å². The van der Waals surface area contributed by atoms with Gasteiger partial charge >= 0.3 is 6.03 Å². The van der Waals surface area contributed by atoms with Gasteiger partial charge in [0.25, 0.3) is 0 Å². The SMILES string of the molecule is O=C(NC1CC1c1c(F)cccc1F)N[C@@H]1C=C[C@H](CO)C1. The number of aliphatic hydroxyl groups excluding tert-OH is 1. The summed E-state index contributed by atoms with van der Waals surface area (Å²) in [5.41, 5.74) is 0.0499. The van der Waals surface area contributed by atoms with Gasteiger partial charge in [0.1, 0.15) is 11.6 Å². The van der Waals surface area contributed by atoms with E-state index >= 15 is 0 Å². The normalized spacial score (nSPS) is 29.4. The van der Waals surface area contributed by atoms with Crippen LogP contribution in [0, 0.1) is 17.6 Å². The predicted octanol–water partition coefficient (Wildman–Crippen LogP) is 2.06. The highest BCUT2D eigenvalue weighted by atomic mass is 19.1. The van der Waals surface area contributed by atoms with E-state index in [9.17, 15) is 13.6 Å². The zero-order chi connectivity index (χ0) is 15.7. The average Bonchev–Trinajstić information content (AvgIpc) is 3.05. The van der Waals surface area contributed by atoms with Crippen LogP contribution in [0.5, 0.6) is 0 Å². The van der Waals surface area contributed by atoms with Gasteiger partial charge in [-0.2, -0.15) is 0 Å². The Kier molecular flexibility index (Phi) is 4.11. The fourth-order valence-electron chi connectivity index (χ4n) is 2.93. The van der Waals surface area contributed by atoms with Gasteiger partial charge < -0.3 is 15.7 Å². The summed E-state index contributed by atoms with van der Waals surface area (Å²) in [4.78, 5) is 11.9. The monoisotopic (exact) mass is 308 g/mol. The molecule has 22 heavy (non-hydrogen) atoms. The predicted molar refractivity (Wildman–Crippen MR) is 77.3 cm³/mol. The van der Waals surface area contributed by atoms with Crippen LogP contribution in [0.3, 0.4) is 0 Å². The van der Waals surface area contributed by atoms with E-state index in [1.807, 2.05) is 12.2 Å². The summed E-state index contributed by atoms with van der Waals surface area (Å²) in [6.45, 7) is 0.0631. The third-order valence-corrected chi connectivity index (χ3v) is 4.20. The summed E-state index contributed by atoms with van der Waals surface area (Å²) in [5.74, 6) is -1.37. The van der Waals surface area contributed by atoms with E-state index in [1.165, 1.54) is 18.2 Å². The quantitative estimate of drug-likeness (QED) is 0.746. The van der Waals surface area contributed by atoms with Crippen LogP contribution in [-0.4, -0.2) is 29.8 Å². The second-order valence-corrected chi connectivity index (χ2v) is 5.87. The van der Waals surface area contributed by atoms with Crippen molar-refractivity contribution in [1.29, 1.82) is 0 Å². The molecule has 2 aliphatic rings. The molecule has 0 aliphatic heterocycles. The van der Waals surface area contributed by atoms with Crippen LogP contribution in [0.4, 0.5) is 13.6 Å². The van der Waals surface area contributed by atoms with Crippen molar-refractivity contribution >= 4 is 6.03 Å². The second kappa shape index (κ2) is 6.04. The van der Waals surface area contributed by atoms with Crippen LogP contribution >= 0.6 is 0 Å². The zero-order valence-electron chi connectivity index (χ0n) is 11.9. The number of amides is 2. The van der Waals surface area contributed by atoms with Crippen molar-refractivity contribution in [3.05, 3.63) is 47.5 Å². The lowest BCUT2D eigenvalue weighted by Gasteiger charge is -2.13. The number of hydrogen-bond acceptors (Lipinski definition) is 2. The van der Waals surface area contributed by atoms with Crippen molar-refractivity contribution in [3.63, 3.8) is 0 Å². The molecule has 6 heteroatoms. The van der Waals surface area contributed by atoms with Crippen molar-refractivity contribution in [2.24, 2.45) is 5.92 Å². The molecular weight excluding hydrogens is 290 g/mol. The average molecular weight is 308 g/mol. The van der Waals surface area contributed by atoms with Crippen molar-refractivity contribution < 1.29 is 18.7 Å². The highest BCUT2D eigenvalue weighted by Gasteiger charge is 2.43. The molecule has 4 nitrogen and oxygen atoms in total. The number of benzene rings is 1. The van der Waals surface area contributed by atoms with Crippen LogP contribution in [0.25, 0.3) is 0 Å². The Morgan fingerprint density at radius 3 is 2.55 bits per heavy atom. The number of carbonyl (C=O) groups excluding carboxylic acids is 1. The third-order valence-electron chi connectivity index (χ3n) is 4.20. The Bertz CT molecular complexity index is 586. The first-order valence-electron chi connectivity index (χ1n) is 7.38. The fourth-order valence-corrected chi connectivity index (χ4v) is 2.93. The molecule has 118 valence electrons. The minimum absolute atomic E-state index is 0.0499. The van der Waals surface area contributed by atoms with E-state index in [0.29, 0.717) is 12.8 Å². The minimum Gasteiger partial charge on any atom is -0.396 e. The minimum atomic E-state index is -0.570. The summed E-state index contributed by atoms with van der Waals surface area (Å²) < 4.78 is 27.3. The summed E-state index contributed by atoms with van der Waals surface area (Å²) in [5, 5.41) is 14.6. The Hall–Kier alpha value is -1.95. The maximum Gasteiger partial charge on any atom is 0.315 e. The van der Waals surface area contributed by atoms with Crippen molar-refractivity contribution in [3.8, 4) is 0 Å². The first-order valence-corrected chi connectivity index (χ1v) is 7.38. The summed E-state index contributed by atoms with van der Waals surface area (Å²) in [6, 6.07) is 3.08. The van der Waals surface area contributed by atoms with Gasteiger partial charge in [-0.3, -0.25) is 0 Å². The Balaban J connectivity index is 1.51. The lowest BCUT2D eigenvalue weighted by Crippen LogP contribution is -2.42. The smallest absolute Gasteiger partial charge is 0.315 e. The lowest BCUT2D eigenvalue weighted by atomic mass is 10.1. The number of hydrogen-bond donors (Lipinski definition) is 3. The Morgan fingerprint density at radius 2 is 1.91 bits per heavy atom. The topological polar surface area (TPSA) is 61.4 Å². The van der Waals surface area contributed by atoms with E-state index in [2.05, 4.69) is 10.6 Å².